The fraction of sp³-hybridized carbons (Fsp3) is 0.500. The van der Waals surface area contributed by atoms with Gasteiger partial charge in [-0.15, -0.1) is 0 Å². The first-order valence-corrected chi connectivity index (χ1v) is 11.3. The number of rotatable bonds is 6. The van der Waals surface area contributed by atoms with Gasteiger partial charge in [-0.3, -0.25) is 4.79 Å². The van der Waals surface area contributed by atoms with Gasteiger partial charge in [0.15, 0.2) is 0 Å². The minimum atomic E-state index is -0.405. The number of carbonyl (C=O) groups is 1. The Hall–Kier alpha value is -2.37. The molecule has 2 aromatic rings. The molecule has 0 radical (unpaired) electrons. The molecule has 3 atom stereocenters. The van der Waals surface area contributed by atoms with E-state index < -0.39 is 5.54 Å². The fourth-order valence-corrected chi connectivity index (χ4v) is 5.02. The summed E-state index contributed by atoms with van der Waals surface area (Å²) in [7, 11) is 3.51. The van der Waals surface area contributed by atoms with Gasteiger partial charge in [-0.05, 0) is 85.3 Å². The van der Waals surface area contributed by atoms with Crippen LogP contribution >= 0.6 is 0 Å². The van der Waals surface area contributed by atoms with E-state index >= 15 is 0 Å². The summed E-state index contributed by atoms with van der Waals surface area (Å²) in [6, 6.07) is 14.4. The van der Waals surface area contributed by atoms with Crippen LogP contribution < -0.4 is 10.5 Å². The standard InChI is InChI=1S/C26H34N2O3/c1-28(2)25(30)22-4-3-5-24(14-22)31-16-18-6-7-20-13-21(9-8-19(20)12-18)23-10-11-26(27,15-23)17-29/h3-5,8-9,13-14,18,23,29H,6-7,10-12,15-17,27H2,1-2H3/t18-,23+,26-/m1/s1. The molecule has 2 aliphatic carbocycles. The molecule has 2 aliphatic rings. The maximum atomic E-state index is 12.2. The number of benzene rings is 2. The van der Waals surface area contributed by atoms with E-state index in [0.717, 1.165) is 44.3 Å². The zero-order chi connectivity index (χ0) is 22.0. The van der Waals surface area contributed by atoms with Gasteiger partial charge in [-0.2, -0.15) is 0 Å². The van der Waals surface area contributed by atoms with Crippen LogP contribution in [0.2, 0.25) is 0 Å². The number of fused-ring (bicyclic) bond motifs is 1. The maximum Gasteiger partial charge on any atom is 0.253 e. The number of aryl methyl sites for hydroxylation is 1. The Morgan fingerprint density at radius 1 is 1.19 bits per heavy atom. The summed E-state index contributed by atoms with van der Waals surface area (Å²) in [5, 5.41) is 9.55. The number of ether oxygens (including phenoxy) is 1. The monoisotopic (exact) mass is 422 g/mol. The van der Waals surface area contributed by atoms with E-state index in [0.29, 0.717) is 24.0 Å². The molecular formula is C26H34N2O3. The normalized spacial score (nSPS) is 25.2. The molecule has 0 saturated heterocycles. The highest BCUT2D eigenvalue weighted by Gasteiger charge is 2.36. The van der Waals surface area contributed by atoms with E-state index in [4.69, 9.17) is 10.5 Å². The lowest BCUT2D eigenvalue weighted by molar-refractivity contribution is 0.0827. The maximum absolute atomic E-state index is 12.2. The number of amides is 1. The highest BCUT2D eigenvalue weighted by molar-refractivity contribution is 5.94. The van der Waals surface area contributed by atoms with Gasteiger partial charge in [0.1, 0.15) is 5.75 Å². The van der Waals surface area contributed by atoms with Crippen molar-refractivity contribution in [1.82, 2.24) is 4.90 Å². The van der Waals surface area contributed by atoms with Crippen LogP contribution in [0.25, 0.3) is 0 Å². The van der Waals surface area contributed by atoms with Crippen molar-refractivity contribution in [3.05, 3.63) is 64.7 Å². The van der Waals surface area contributed by atoms with E-state index in [1.165, 1.54) is 16.7 Å². The zero-order valence-electron chi connectivity index (χ0n) is 18.6. The summed E-state index contributed by atoms with van der Waals surface area (Å²) >= 11 is 0. The van der Waals surface area contributed by atoms with Crippen LogP contribution in [0.4, 0.5) is 0 Å². The van der Waals surface area contributed by atoms with Crippen LogP contribution in [0, 0.1) is 5.92 Å². The minimum absolute atomic E-state index is 0.0130. The Labute approximate surface area is 185 Å². The Balaban J connectivity index is 1.36. The first-order chi connectivity index (χ1) is 14.9. The van der Waals surface area contributed by atoms with Crippen LogP contribution in [0.15, 0.2) is 42.5 Å². The molecular weight excluding hydrogens is 388 g/mol. The van der Waals surface area contributed by atoms with E-state index in [9.17, 15) is 9.90 Å². The lowest BCUT2D eigenvalue weighted by Gasteiger charge is -2.26. The van der Waals surface area contributed by atoms with Crippen LogP contribution in [0.5, 0.6) is 5.75 Å². The number of aliphatic hydroxyl groups excluding tert-OH is 1. The quantitative estimate of drug-likeness (QED) is 0.747. The van der Waals surface area contributed by atoms with Crippen molar-refractivity contribution in [1.29, 1.82) is 0 Å². The van der Waals surface area contributed by atoms with Crippen molar-refractivity contribution < 1.29 is 14.6 Å². The zero-order valence-corrected chi connectivity index (χ0v) is 18.6. The highest BCUT2D eigenvalue weighted by atomic mass is 16.5. The van der Waals surface area contributed by atoms with E-state index in [1.807, 2.05) is 24.3 Å². The van der Waals surface area contributed by atoms with Gasteiger partial charge in [0.25, 0.3) is 5.91 Å². The van der Waals surface area contributed by atoms with Crippen molar-refractivity contribution in [2.45, 2.75) is 50.0 Å². The Morgan fingerprint density at radius 2 is 2.03 bits per heavy atom. The summed E-state index contributed by atoms with van der Waals surface area (Å²) in [6.07, 6.45) is 6.02. The molecule has 166 valence electrons. The SMILES string of the molecule is CN(C)C(=O)c1cccc(OC[C@@H]2CCc3cc([C@H]4CC[C@](N)(CO)C4)ccc3C2)c1. The van der Waals surface area contributed by atoms with Crippen LogP contribution in [0.3, 0.4) is 0 Å². The van der Waals surface area contributed by atoms with Crippen LogP contribution in [0.1, 0.15) is 58.6 Å². The second-order valence-corrected chi connectivity index (χ2v) is 9.64. The highest BCUT2D eigenvalue weighted by Crippen LogP contribution is 2.40. The van der Waals surface area contributed by atoms with Gasteiger partial charge in [0.05, 0.1) is 13.2 Å². The Bertz CT molecular complexity index is 942. The summed E-state index contributed by atoms with van der Waals surface area (Å²) in [5.74, 6) is 1.68. The average molecular weight is 423 g/mol. The molecule has 0 aromatic heterocycles. The summed E-state index contributed by atoms with van der Waals surface area (Å²) in [6.45, 7) is 0.734. The third-order valence-electron chi connectivity index (χ3n) is 6.96. The third-order valence-corrected chi connectivity index (χ3v) is 6.96. The molecule has 5 nitrogen and oxygen atoms in total. The molecule has 0 spiro atoms. The smallest absolute Gasteiger partial charge is 0.253 e. The van der Waals surface area contributed by atoms with Gasteiger partial charge in [-0.1, -0.05) is 24.3 Å². The van der Waals surface area contributed by atoms with Gasteiger partial charge in [0.2, 0.25) is 0 Å². The predicted octanol–water partition coefficient (Wildman–Crippen LogP) is 3.53. The molecule has 3 N–H and O–H groups in total. The molecule has 31 heavy (non-hydrogen) atoms. The molecule has 2 aromatic carbocycles. The molecule has 0 bridgehead atoms. The number of aliphatic hydroxyl groups is 1. The number of nitrogens with zero attached hydrogens (tertiary/aromatic N) is 1. The van der Waals surface area contributed by atoms with Crippen molar-refractivity contribution in [3.63, 3.8) is 0 Å². The largest absolute Gasteiger partial charge is 0.493 e. The van der Waals surface area contributed by atoms with E-state index in [1.54, 1.807) is 19.0 Å². The Morgan fingerprint density at radius 3 is 2.77 bits per heavy atom. The molecule has 5 heteroatoms. The summed E-state index contributed by atoms with van der Waals surface area (Å²) < 4.78 is 6.06. The van der Waals surface area contributed by atoms with Gasteiger partial charge < -0.3 is 20.5 Å². The van der Waals surface area contributed by atoms with E-state index in [-0.39, 0.29) is 12.5 Å². The minimum Gasteiger partial charge on any atom is -0.493 e. The van der Waals surface area contributed by atoms with Gasteiger partial charge in [0, 0.05) is 25.2 Å². The van der Waals surface area contributed by atoms with Crippen molar-refractivity contribution in [2.24, 2.45) is 11.7 Å². The second-order valence-electron chi connectivity index (χ2n) is 9.64. The van der Waals surface area contributed by atoms with Crippen LogP contribution in [-0.2, 0) is 12.8 Å². The molecule has 1 fully saturated rings. The molecule has 4 rings (SSSR count). The van der Waals surface area contributed by atoms with Crippen molar-refractivity contribution in [3.8, 4) is 5.75 Å². The molecule has 1 amide bonds. The molecule has 0 aliphatic heterocycles. The number of hydrogen-bond donors (Lipinski definition) is 2. The predicted molar refractivity (Wildman–Crippen MR) is 123 cm³/mol. The topological polar surface area (TPSA) is 75.8 Å². The second kappa shape index (κ2) is 9.01. The number of nitrogens with two attached hydrogens (primary N) is 1. The van der Waals surface area contributed by atoms with Gasteiger partial charge >= 0.3 is 0 Å². The molecule has 0 heterocycles. The molecule has 1 saturated carbocycles. The summed E-state index contributed by atoms with van der Waals surface area (Å²) in [4.78, 5) is 13.7. The lowest BCUT2D eigenvalue weighted by atomic mass is 9.82. The number of carbonyl (C=O) groups excluding carboxylic acids is 1. The van der Waals surface area contributed by atoms with Gasteiger partial charge in [-0.25, -0.2) is 0 Å². The van der Waals surface area contributed by atoms with Crippen LogP contribution in [-0.4, -0.2) is 48.8 Å². The first-order valence-electron chi connectivity index (χ1n) is 11.3. The fourth-order valence-electron chi connectivity index (χ4n) is 5.02. The average Bonchev–Trinajstić information content (AvgIpc) is 3.19. The third kappa shape index (κ3) is 4.94. The van der Waals surface area contributed by atoms with E-state index in [2.05, 4.69) is 18.2 Å². The molecule has 0 unspecified atom stereocenters. The van der Waals surface area contributed by atoms with Crippen molar-refractivity contribution in [2.75, 3.05) is 27.3 Å². The summed E-state index contributed by atoms with van der Waals surface area (Å²) in [5.41, 5.74) is 10.8. The lowest BCUT2D eigenvalue weighted by Crippen LogP contribution is -2.40. The van der Waals surface area contributed by atoms with Crippen molar-refractivity contribution >= 4 is 5.91 Å². The first kappa shape index (κ1) is 21.8. The Kier molecular flexibility index (Phi) is 6.35. The number of hydrogen-bond acceptors (Lipinski definition) is 4.